The summed E-state index contributed by atoms with van der Waals surface area (Å²) in [4.78, 5) is 0. The summed E-state index contributed by atoms with van der Waals surface area (Å²) < 4.78 is 118. The van der Waals surface area contributed by atoms with Crippen molar-refractivity contribution in [3.63, 3.8) is 0 Å². The van der Waals surface area contributed by atoms with Crippen LogP contribution < -0.4 is 28.4 Å². The predicted molar refractivity (Wildman–Crippen MR) is 268 cm³/mol. The molecule has 0 radical (unpaired) electrons. The summed E-state index contributed by atoms with van der Waals surface area (Å²) in [6.45, 7) is -0.924. The fourth-order valence-electron chi connectivity index (χ4n) is 7.76. The first-order valence-corrected chi connectivity index (χ1v) is 31.7. The van der Waals surface area contributed by atoms with Gasteiger partial charge in [-0.05, 0) is 38.6 Å². The van der Waals surface area contributed by atoms with E-state index in [0.717, 1.165) is 51.6 Å². The van der Waals surface area contributed by atoms with Gasteiger partial charge in [-0.2, -0.15) is 25.3 Å². The van der Waals surface area contributed by atoms with Crippen molar-refractivity contribution in [2.24, 2.45) is 0 Å². The van der Waals surface area contributed by atoms with Gasteiger partial charge in [0.1, 0.15) is 0 Å². The largest absolute Gasteiger partial charge is 1.00 e. The maximum absolute atomic E-state index is 11.6. The van der Waals surface area contributed by atoms with Crippen molar-refractivity contribution in [3.05, 3.63) is 0 Å². The molecule has 0 aliphatic rings. The molecule has 0 spiro atoms. The lowest BCUT2D eigenvalue weighted by atomic mass is 10.0. The number of hydrogen-bond donors (Lipinski definition) is 12. The van der Waals surface area contributed by atoms with E-state index in [1.54, 1.807) is 0 Å². The van der Waals surface area contributed by atoms with Crippen LogP contribution in [0, 0.1) is 0 Å². The Labute approximate surface area is 428 Å². The highest BCUT2D eigenvalue weighted by Gasteiger charge is 2.48. The first-order valence-electron chi connectivity index (χ1n) is 24.9. The molecule has 0 rings (SSSR count). The number of nitrogens with one attached hydrogen (secondary N) is 3. The lowest BCUT2D eigenvalue weighted by Gasteiger charge is -2.41. The van der Waals surface area contributed by atoms with Gasteiger partial charge in [0.2, 0.25) is 0 Å². The molecule has 424 valence electrons. The Balaban J connectivity index is 0. The number of hydrogen-bond acceptors (Lipinski definition) is 18. The summed E-state index contributed by atoms with van der Waals surface area (Å²) >= 11 is 0. The van der Waals surface area contributed by atoms with Gasteiger partial charge in [-0.25, -0.2) is 0 Å². The summed E-state index contributed by atoms with van der Waals surface area (Å²) in [7, 11) is -15.5. The predicted octanol–water partition coefficient (Wildman–Crippen LogP) is -1.91. The highest BCUT2D eigenvalue weighted by Crippen LogP contribution is 2.26. The molecule has 0 unspecified atom stereocenters. The minimum Gasteiger partial charge on any atom is -1.00 e. The first kappa shape index (κ1) is 71.8. The van der Waals surface area contributed by atoms with Crippen LogP contribution in [0.3, 0.4) is 0 Å². The van der Waals surface area contributed by atoms with Gasteiger partial charge >= 0.3 is 8.80 Å². The highest BCUT2D eigenvalue weighted by atomic mass is 35.5. The fourth-order valence-corrected chi connectivity index (χ4v) is 11.8. The molecule has 27 heteroatoms. The first-order chi connectivity index (χ1) is 32.4. The Hall–Kier alpha value is -0.283. The molecule has 0 aliphatic carbocycles. The zero-order valence-corrected chi connectivity index (χ0v) is 46.6. The van der Waals surface area contributed by atoms with Gasteiger partial charge in [-0.15, -0.1) is 0 Å². The van der Waals surface area contributed by atoms with Crippen LogP contribution in [0.25, 0.3) is 0 Å². The number of aliphatic hydroxyl groups is 6. The topological polar surface area (TPSA) is 348 Å². The van der Waals surface area contributed by atoms with Crippen molar-refractivity contribution in [3.8, 4) is 0 Å². The second kappa shape index (κ2) is 38.3. The second-order valence-corrected chi connectivity index (χ2v) is 26.6. The van der Waals surface area contributed by atoms with E-state index in [2.05, 4.69) is 36.8 Å². The van der Waals surface area contributed by atoms with Gasteiger partial charge in [-0.1, -0.05) is 90.9 Å². The molecule has 0 aromatic heterocycles. The lowest BCUT2D eigenvalue weighted by molar-refractivity contribution is -0.910. The molecule has 0 bridgehead atoms. The molecule has 0 heterocycles. The third-order valence-electron chi connectivity index (χ3n) is 12.6. The molecule has 22 nitrogen and oxygen atoms in total. The third-order valence-corrected chi connectivity index (χ3v) is 17.6. The Morgan fingerprint density at radius 2 is 0.714 bits per heavy atom. The molecule has 0 amide bonds. The molecule has 0 aromatic rings. The molecular weight excluding hydrogens is 1020 g/mol. The molecular formula is C43H95ClN4O18S3Si. The summed E-state index contributed by atoms with van der Waals surface area (Å²) in [5.41, 5.74) is -5.23. The van der Waals surface area contributed by atoms with Crippen molar-refractivity contribution in [1.82, 2.24) is 16.0 Å². The number of unbranched alkanes of at least 4 members (excludes halogenated alkanes) is 14. The van der Waals surface area contributed by atoms with Crippen molar-refractivity contribution in [2.45, 2.75) is 152 Å². The molecule has 12 N–H and O–H groups in total. The number of nitrogens with zero attached hydrogens (tertiary/aromatic N) is 1. The van der Waals surface area contributed by atoms with E-state index in [1.807, 2.05) is 0 Å². The molecule has 0 aliphatic heterocycles. The standard InChI is InChI=1S/C43H94N4O18S3Si.ClH/c1-4-6-8-10-12-14-16-18-25-47(3,26-19-17-15-13-11-9-7-5-2)27-21-31-69(64-39-42(34-50,35-51)45-23-29-67(57,58)59,65-40-43(36-52,37-53)46-24-30-68(60,61)62)63-38-41(32-48,33-49)44-22-20-28-66(54,55)56;/h44-46,48-53H,4-40H2,1-3H3,(H2-,54,55,56,57,58,59,60,61,62);1H. The average Bonchev–Trinajstić information content (AvgIpc) is 3.29. The van der Waals surface area contributed by atoms with Crippen molar-refractivity contribution >= 4 is 39.2 Å². The van der Waals surface area contributed by atoms with Gasteiger partial charge in [-0.3, -0.25) is 13.7 Å². The van der Waals surface area contributed by atoms with Crippen LogP contribution in [0.2, 0.25) is 6.04 Å². The Morgan fingerprint density at radius 1 is 0.429 bits per heavy atom. The molecule has 0 atom stereocenters. The van der Waals surface area contributed by atoms with Gasteiger partial charge in [0.25, 0.3) is 30.4 Å². The van der Waals surface area contributed by atoms with E-state index in [4.69, 9.17) is 13.3 Å². The van der Waals surface area contributed by atoms with E-state index >= 15 is 0 Å². The second-order valence-electron chi connectivity index (χ2n) is 19.2. The molecule has 0 saturated heterocycles. The number of quaternary nitrogens is 1. The van der Waals surface area contributed by atoms with Crippen molar-refractivity contribution in [1.29, 1.82) is 0 Å². The van der Waals surface area contributed by atoms with E-state index in [1.165, 1.54) is 64.2 Å². The minimum absolute atomic E-state index is 0. The van der Waals surface area contributed by atoms with Crippen LogP contribution in [-0.2, 0) is 43.6 Å². The Morgan fingerprint density at radius 3 is 1.01 bits per heavy atom. The number of rotatable bonds is 50. The van der Waals surface area contributed by atoms with Gasteiger partial charge in [0.15, 0.2) is 0 Å². The van der Waals surface area contributed by atoms with Gasteiger partial charge < -0.3 is 76.8 Å². The quantitative estimate of drug-likeness (QED) is 0.0137. The number of aliphatic hydroxyl groups excluding tert-OH is 6. The third kappa shape index (κ3) is 34.3. The normalized spacial score (nSPS) is 13.5. The molecule has 0 aromatic carbocycles. The van der Waals surface area contributed by atoms with E-state index in [0.29, 0.717) is 17.4 Å². The van der Waals surface area contributed by atoms with E-state index in [9.17, 15) is 69.6 Å². The van der Waals surface area contributed by atoms with Crippen LogP contribution in [-0.4, -0.2) is 222 Å². The summed E-state index contributed by atoms with van der Waals surface area (Å²) in [6, 6.07) is -0.0126. The molecule has 70 heavy (non-hydrogen) atoms. The van der Waals surface area contributed by atoms with Gasteiger partial charge in [0, 0.05) is 25.6 Å². The molecule has 0 fully saturated rings. The fraction of sp³-hybridized carbons (Fsp3) is 1.00. The van der Waals surface area contributed by atoms with Crippen molar-refractivity contribution in [2.75, 3.05) is 123 Å². The van der Waals surface area contributed by atoms with Crippen LogP contribution in [0.15, 0.2) is 0 Å². The number of halogens is 1. The SMILES string of the molecule is CCCCCCCCCC[N+](C)(CCCCCCCCCC)CCC[Si](OCC(CO)(CO)NCCCS(=O)(=O)O)(OCC(CO)(CO)NCCS(=O)(=O)O)OCC(CO)(CO)NCCS(=O)(=O)O.[Cl-]. The van der Waals surface area contributed by atoms with Crippen molar-refractivity contribution < 1.29 is 99.7 Å². The Bertz CT molecular complexity index is 1550. The maximum Gasteiger partial charge on any atom is 0.501 e. The van der Waals surface area contributed by atoms with Crippen LogP contribution in [0.1, 0.15) is 129 Å². The average molecular weight is 1120 g/mol. The lowest BCUT2D eigenvalue weighted by Crippen LogP contribution is -3.00. The van der Waals surface area contributed by atoms with E-state index < -0.39 is 146 Å². The van der Waals surface area contributed by atoms with Gasteiger partial charge in [0.05, 0.1) is 120 Å². The Kier molecular flexibility index (Phi) is 39.3. The zero-order chi connectivity index (χ0) is 52.4. The van der Waals surface area contributed by atoms with E-state index in [-0.39, 0.29) is 31.4 Å². The van der Waals surface area contributed by atoms with Crippen LogP contribution in [0.5, 0.6) is 0 Å². The summed E-state index contributed by atoms with van der Waals surface area (Å²) in [5, 5.41) is 71.9. The highest BCUT2D eigenvalue weighted by molar-refractivity contribution is 7.86. The molecule has 0 saturated carbocycles. The summed E-state index contributed by atoms with van der Waals surface area (Å²) in [5.74, 6) is -2.21. The van der Waals surface area contributed by atoms with Crippen LogP contribution >= 0.6 is 0 Å². The smallest absolute Gasteiger partial charge is 0.501 e. The van der Waals surface area contributed by atoms with Crippen LogP contribution in [0.4, 0.5) is 0 Å². The zero-order valence-electron chi connectivity index (χ0n) is 42.4. The monoisotopic (exact) mass is 1110 g/mol. The summed E-state index contributed by atoms with van der Waals surface area (Å²) in [6.07, 6.45) is 18.6. The minimum atomic E-state index is -4.48. The maximum atomic E-state index is 11.6.